The first-order valence-electron chi connectivity index (χ1n) is 3.08. The Morgan fingerprint density at radius 2 is 2.09 bits per heavy atom. The molecule has 0 aliphatic carbocycles. The molecule has 0 saturated carbocycles. The zero-order valence-corrected chi connectivity index (χ0v) is 7.36. The fourth-order valence-electron chi connectivity index (χ4n) is 0.839. The van der Waals surface area contributed by atoms with Gasteiger partial charge in [-0.15, -0.1) is 0 Å². The Morgan fingerprint density at radius 1 is 1.45 bits per heavy atom. The van der Waals surface area contributed by atoms with Crippen LogP contribution >= 0.6 is 15.9 Å². The molecule has 0 aliphatic rings. The lowest BCUT2D eigenvalue weighted by atomic mass is 10.2. The highest BCUT2D eigenvalue weighted by Gasteiger charge is 2.04. The van der Waals surface area contributed by atoms with E-state index in [1.165, 1.54) is 6.07 Å². The molecule has 0 unspecified atom stereocenters. The highest BCUT2D eigenvalue weighted by Crippen LogP contribution is 2.21. The van der Waals surface area contributed by atoms with Crippen LogP contribution in [0.3, 0.4) is 0 Å². The minimum atomic E-state index is -0.362. The van der Waals surface area contributed by atoms with Gasteiger partial charge in [-0.3, -0.25) is 0 Å². The van der Waals surface area contributed by atoms with Gasteiger partial charge in [0.15, 0.2) is 0 Å². The molecule has 0 bridgehead atoms. The van der Waals surface area contributed by atoms with Crippen LogP contribution in [0.2, 0.25) is 0 Å². The summed E-state index contributed by atoms with van der Waals surface area (Å²) < 4.78 is 13.6. The van der Waals surface area contributed by atoms with Gasteiger partial charge in [0.1, 0.15) is 5.82 Å². The van der Waals surface area contributed by atoms with Gasteiger partial charge in [-0.1, -0.05) is 15.9 Å². The van der Waals surface area contributed by atoms with Gasteiger partial charge in [-0.2, -0.15) is 0 Å². The van der Waals surface area contributed by atoms with E-state index in [0.717, 1.165) is 0 Å². The summed E-state index contributed by atoms with van der Waals surface area (Å²) in [6.45, 7) is 0.130. The molecule has 4 heteroatoms. The first kappa shape index (κ1) is 8.49. The molecule has 2 nitrogen and oxygen atoms in total. The minimum absolute atomic E-state index is 0.130. The van der Waals surface area contributed by atoms with Crippen molar-refractivity contribution in [1.82, 2.24) is 0 Å². The molecule has 1 aromatic carbocycles. The molecule has 4 N–H and O–H groups in total. The van der Waals surface area contributed by atoms with E-state index in [9.17, 15) is 4.39 Å². The van der Waals surface area contributed by atoms with E-state index in [1.54, 1.807) is 6.07 Å². The van der Waals surface area contributed by atoms with Crippen molar-refractivity contribution >= 4 is 21.6 Å². The quantitative estimate of drug-likeness (QED) is 0.705. The van der Waals surface area contributed by atoms with Crippen molar-refractivity contribution < 1.29 is 4.39 Å². The second-order valence-corrected chi connectivity index (χ2v) is 3.08. The second kappa shape index (κ2) is 3.19. The average molecular weight is 219 g/mol. The van der Waals surface area contributed by atoms with Crippen LogP contribution in [0.5, 0.6) is 0 Å². The summed E-state index contributed by atoms with van der Waals surface area (Å²) in [5, 5.41) is 0. The highest BCUT2D eigenvalue weighted by molar-refractivity contribution is 9.10. The lowest BCUT2D eigenvalue weighted by molar-refractivity contribution is 0.611. The van der Waals surface area contributed by atoms with E-state index in [0.29, 0.717) is 15.7 Å². The van der Waals surface area contributed by atoms with Gasteiger partial charge >= 0.3 is 0 Å². The number of benzene rings is 1. The number of rotatable bonds is 1. The van der Waals surface area contributed by atoms with E-state index < -0.39 is 0 Å². The van der Waals surface area contributed by atoms with Crippen LogP contribution in [0.4, 0.5) is 10.1 Å². The molecule has 0 heterocycles. The summed E-state index contributed by atoms with van der Waals surface area (Å²) in [6.07, 6.45) is 0. The highest BCUT2D eigenvalue weighted by atomic mass is 79.9. The summed E-state index contributed by atoms with van der Waals surface area (Å²) in [6, 6.07) is 2.98. The van der Waals surface area contributed by atoms with Crippen LogP contribution in [0.15, 0.2) is 16.6 Å². The van der Waals surface area contributed by atoms with Crippen LogP contribution < -0.4 is 11.5 Å². The Hall–Kier alpha value is -0.610. The fraction of sp³-hybridized carbons (Fsp3) is 0.143. The third-order valence-corrected chi connectivity index (χ3v) is 1.86. The standard InChI is InChI=1S/C7H8BrFN2/c8-4-1-6(9)5(3-10)7(11)2-4/h1-2H,3,10-11H2. The van der Waals surface area contributed by atoms with Crippen molar-refractivity contribution in [3.05, 3.63) is 28.0 Å². The largest absolute Gasteiger partial charge is 0.398 e. The zero-order chi connectivity index (χ0) is 8.43. The van der Waals surface area contributed by atoms with Crippen LogP contribution in [-0.2, 0) is 6.54 Å². The van der Waals surface area contributed by atoms with Gasteiger partial charge < -0.3 is 11.5 Å². The van der Waals surface area contributed by atoms with Crippen molar-refractivity contribution in [1.29, 1.82) is 0 Å². The van der Waals surface area contributed by atoms with E-state index in [4.69, 9.17) is 11.5 Å². The number of halogens is 2. The van der Waals surface area contributed by atoms with Crippen molar-refractivity contribution in [2.24, 2.45) is 5.73 Å². The van der Waals surface area contributed by atoms with Gasteiger partial charge in [0.2, 0.25) is 0 Å². The second-order valence-electron chi connectivity index (χ2n) is 2.16. The molecule has 0 atom stereocenters. The third-order valence-electron chi connectivity index (χ3n) is 1.40. The summed E-state index contributed by atoms with van der Waals surface area (Å²) in [5.74, 6) is -0.362. The number of hydrogen-bond donors (Lipinski definition) is 2. The van der Waals surface area contributed by atoms with Gasteiger partial charge in [0, 0.05) is 22.3 Å². The first-order valence-corrected chi connectivity index (χ1v) is 3.88. The monoisotopic (exact) mass is 218 g/mol. The topological polar surface area (TPSA) is 52.0 Å². The number of anilines is 1. The fourth-order valence-corrected chi connectivity index (χ4v) is 1.29. The maximum Gasteiger partial charge on any atom is 0.130 e. The Bertz CT molecular complexity index is 252. The van der Waals surface area contributed by atoms with Crippen molar-refractivity contribution in [2.45, 2.75) is 6.54 Å². The summed E-state index contributed by atoms with van der Waals surface area (Å²) in [4.78, 5) is 0. The molecule has 0 fully saturated rings. The maximum atomic E-state index is 12.9. The van der Waals surface area contributed by atoms with E-state index >= 15 is 0 Å². The van der Waals surface area contributed by atoms with E-state index in [1.807, 2.05) is 0 Å². The number of nitrogens with two attached hydrogens (primary N) is 2. The predicted molar refractivity (Wildman–Crippen MR) is 46.4 cm³/mol. The summed E-state index contributed by atoms with van der Waals surface area (Å²) >= 11 is 3.12. The first-order chi connectivity index (χ1) is 5.15. The zero-order valence-electron chi connectivity index (χ0n) is 5.77. The molecule has 0 aliphatic heterocycles. The molecule has 1 aromatic rings. The SMILES string of the molecule is NCc1c(N)cc(Br)cc1F. The lowest BCUT2D eigenvalue weighted by Crippen LogP contribution is -2.04. The van der Waals surface area contributed by atoms with Crippen LogP contribution in [0.25, 0.3) is 0 Å². The molecule has 60 valence electrons. The van der Waals surface area contributed by atoms with Gasteiger partial charge in [0.05, 0.1) is 0 Å². The molecule has 0 amide bonds. The normalized spacial score (nSPS) is 10.1. The Morgan fingerprint density at radius 3 is 2.55 bits per heavy atom. The third kappa shape index (κ3) is 1.70. The van der Waals surface area contributed by atoms with Crippen molar-refractivity contribution in [3.63, 3.8) is 0 Å². The summed E-state index contributed by atoms with van der Waals surface area (Å²) in [5.41, 5.74) is 11.5. The van der Waals surface area contributed by atoms with Gasteiger partial charge in [-0.25, -0.2) is 4.39 Å². The molecular weight excluding hydrogens is 211 g/mol. The molecule has 0 radical (unpaired) electrons. The Kier molecular flexibility index (Phi) is 2.46. The Labute approximate surface area is 72.5 Å². The number of nitrogen functional groups attached to an aromatic ring is 1. The van der Waals surface area contributed by atoms with Crippen LogP contribution in [0, 0.1) is 5.82 Å². The van der Waals surface area contributed by atoms with Crippen LogP contribution in [0.1, 0.15) is 5.56 Å². The van der Waals surface area contributed by atoms with Gasteiger partial charge in [0.25, 0.3) is 0 Å². The van der Waals surface area contributed by atoms with E-state index in [2.05, 4.69) is 15.9 Å². The van der Waals surface area contributed by atoms with Gasteiger partial charge in [-0.05, 0) is 12.1 Å². The molecule has 0 saturated heterocycles. The predicted octanol–water partition coefficient (Wildman–Crippen LogP) is 1.63. The molecule has 11 heavy (non-hydrogen) atoms. The smallest absolute Gasteiger partial charge is 0.130 e. The van der Waals surface area contributed by atoms with Crippen LogP contribution in [-0.4, -0.2) is 0 Å². The van der Waals surface area contributed by atoms with E-state index in [-0.39, 0.29) is 12.4 Å². The van der Waals surface area contributed by atoms with Crippen molar-refractivity contribution in [3.8, 4) is 0 Å². The Balaban J connectivity index is 3.25. The van der Waals surface area contributed by atoms with Crippen molar-refractivity contribution in [2.75, 3.05) is 5.73 Å². The minimum Gasteiger partial charge on any atom is -0.398 e. The maximum absolute atomic E-state index is 12.9. The summed E-state index contributed by atoms with van der Waals surface area (Å²) in [7, 11) is 0. The molecule has 0 aromatic heterocycles. The molecule has 1 rings (SSSR count). The molecule has 0 spiro atoms. The molecular formula is C7H8BrFN2. The average Bonchev–Trinajstić information content (AvgIpc) is 1.85. The number of hydrogen-bond acceptors (Lipinski definition) is 2. The lowest BCUT2D eigenvalue weighted by Gasteiger charge is -2.04.